The van der Waals surface area contributed by atoms with E-state index in [1.807, 2.05) is 0 Å². The Morgan fingerprint density at radius 3 is 1.00 bits per heavy atom. The van der Waals surface area contributed by atoms with Crippen LogP contribution in [0, 0.1) is 0 Å². The van der Waals surface area contributed by atoms with Crippen molar-refractivity contribution in [3.05, 3.63) is 55.8 Å². The lowest BCUT2D eigenvalue weighted by molar-refractivity contribution is -0.133. The van der Waals surface area contributed by atoms with Gasteiger partial charge in [0, 0.05) is 11.1 Å². The summed E-state index contributed by atoms with van der Waals surface area (Å²) >= 11 is 0. The second-order valence-electron chi connectivity index (χ2n) is 3.53. The summed E-state index contributed by atoms with van der Waals surface area (Å²) in [5.41, 5.74) is -2.05. The molecule has 21 heavy (non-hydrogen) atoms. The predicted molar refractivity (Wildman–Crippen MR) is 73.2 cm³/mol. The summed E-state index contributed by atoms with van der Waals surface area (Å²) in [6, 6.07) is 0. The maximum Gasteiger partial charge on any atom is 0.330 e. The Morgan fingerprint density at radius 1 is 0.762 bits per heavy atom. The van der Waals surface area contributed by atoms with Crippen molar-refractivity contribution >= 4 is 11.9 Å². The number of carboxylic acid groups (broad SMARTS) is 2. The standard InChI is InChI=1S/2C4H6O2.C3H3N3O3/c2*1-3(2)4(5)6;7-1-4-2(8)6-3(9)5-1/h2*1H2,2H3,(H,5,6);(H3,4,5,6,7,8,9). The molecule has 0 saturated heterocycles. The lowest BCUT2D eigenvalue weighted by atomic mass is 10.4. The molecular formula is C11H15N3O7. The summed E-state index contributed by atoms with van der Waals surface area (Å²) in [4.78, 5) is 55.1. The molecule has 0 atom stereocenters. The highest BCUT2D eigenvalue weighted by Gasteiger charge is 1.90. The molecule has 116 valence electrons. The van der Waals surface area contributed by atoms with Crippen LogP contribution in [-0.2, 0) is 9.59 Å². The Labute approximate surface area is 117 Å². The topological polar surface area (TPSA) is 173 Å². The number of carbonyl (C=O) groups is 2. The molecule has 1 heterocycles. The van der Waals surface area contributed by atoms with Crippen LogP contribution in [0.3, 0.4) is 0 Å². The van der Waals surface area contributed by atoms with E-state index in [9.17, 15) is 24.0 Å². The first-order chi connectivity index (χ1) is 9.47. The molecule has 10 nitrogen and oxygen atoms in total. The zero-order valence-electron chi connectivity index (χ0n) is 11.3. The van der Waals surface area contributed by atoms with Crippen molar-refractivity contribution in [2.75, 3.05) is 0 Å². The fourth-order valence-corrected chi connectivity index (χ4v) is 0.403. The van der Waals surface area contributed by atoms with Crippen LogP contribution in [0.1, 0.15) is 13.8 Å². The van der Waals surface area contributed by atoms with Crippen LogP contribution in [0.25, 0.3) is 0 Å². The summed E-state index contributed by atoms with van der Waals surface area (Å²) in [5.74, 6) is -1.87. The molecule has 1 rings (SSSR count). The minimum atomic E-state index is -0.935. The first kappa shape index (κ1) is 20.2. The molecule has 0 unspecified atom stereocenters. The second-order valence-corrected chi connectivity index (χ2v) is 3.53. The van der Waals surface area contributed by atoms with Gasteiger partial charge in [-0.15, -0.1) is 0 Å². The minimum absolute atomic E-state index is 0.176. The molecule has 0 aliphatic carbocycles. The molecule has 5 N–H and O–H groups in total. The Kier molecular flexibility index (Phi) is 9.33. The van der Waals surface area contributed by atoms with Crippen LogP contribution in [0.5, 0.6) is 0 Å². The van der Waals surface area contributed by atoms with Crippen LogP contribution < -0.4 is 17.1 Å². The molecule has 0 radical (unpaired) electrons. The summed E-state index contributed by atoms with van der Waals surface area (Å²) in [5, 5.41) is 15.8. The molecular weight excluding hydrogens is 286 g/mol. The summed E-state index contributed by atoms with van der Waals surface area (Å²) in [6.07, 6.45) is 0. The van der Waals surface area contributed by atoms with Crippen molar-refractivity contribution in [2.45, 2.75) is 13.8 Å². The number of hydrogen-bond donors (Lipinski definition) is 5. The normalized spacial score (nSPS) is 8.29. The molecule has 0 fully saturated rings. The molecule has 0 aliphatic rings. The number of rotatable bonds is 2. The van der Waals surface area contributed by atoms with E-state index in [1.54, 1.807) is 15.0 Å². The third-order valence-corrected chi connectivity index (χ3v) is 1.41. The van der Waals surface area contributed by atoms with Crippen LogP contribution in [0.4, 0.5) is 0 Å². The maximum atomic E-state index is 10.2. The fourth-order valence-electron chi connectivity index (χ4n) is 0.403. The zero-order valence-corrected chi connectivity index (χ0v) is 11.3. The third kappa shape index (κ3) is 13.1. The number of nitrogens with one attached hydrogen (secondary N) is 3. The van der Waals surface area contributed by atoms with Crippen molar-refractivity contribution < 1.29 is 19.8 Å². The Hall–Kier alpha value is -3.17. The van der Waals surface area contributed by atoms with Crippen LogP contribution in [-0.4, -0.2) is 37.1 Å². The molecule has 0 bridgehead atoms. The minimum Gasteiger partial charge on any atom is -0.478 e. The van der Waals surface area contributed by atoms with Gasteiger partial charge < -0.3 is 10.2 Å². The second kappa shape index (κ2) is 9.72. The highest BCUT2D eigenvalue weighted by Crippen LogP contribution is 1.81. The number of carboxylic acids is 2. The fraction of sp³-hybridized carbons (Fsp3) is 0.182. The van der Waals surface area contributed by atoms with Crippen molar-refractivity contribution in [1.82, 2.24) is 15.0 Å². The van der Waals surface area contributed by atoms with E-state index >= 15 is 0 Å². The van der Waals surface area contributed by atoms with Gasteiger partial charge >= 0.3 is 29.0 Å². The van der Waals surface area contributed by atoms with Crippen molar-refractivity contribution in [3.63, 3.8) is 0 Å². The monoisotopic (exact) mass is 301 g/mol. The highest BCUT2D eigenvalue weighted by atomic mass is 16.4. The van der Waals surface area contributed by atoms with Crippen molar-refractivity contribution in [1.29, 1.82) is 0 Å². The van der Waals surface area contributed by atoms with Crippen molar-refractivity contribution in [3.8, 4) is 0 Å². The van der Waals surface area contributed by atoms with Gasteiger partial charge in [0.15, 0.2) is 0 Å². The van der Waals surface area contributed by atoms with Gasteiger partial charge in [-0.05, 0) is 13.8 Å². The lowest BCUT2D eigenvalue weighted by Crippen LogP contribution is -2.34. The number of aromatic nitrogens is 3. The van der Waals surface area contributed by atoms with Gasteiger partial charge in [0.1, 0.15) is 0 Å². The van der Waals surface area contributed by atoms with Crippen LogP contribution in [0.15, 0.2) is 38.7 Å². The lowest BCUT2D eigenvalue weighted by Gasteiger charge is -1.79. The number of hydrogen-bond acceptors (Lipinski definition) is 5. The predicted octanol–water partition coefficient (Wildman–Crippen LogP) is -0.954. The number of H-pyrrole nitrogens is 3. The molecule has 1 aromatic heterocycles. The van der Waals surface area contributed by atoms with Gasteiger partial charge in [0.2, 0.25) is 0 Å². The quantitative estimate of drug-likeness (QED) is 0.437. The Bertz CT molecular complexity index is 566. The Morgan fingerprint density at radius 2 is 0.905 bits per heavy atom. The first-order valence-electron chi connectivity index (χ1n) is 5.17. The van der Waals surface area contributed by atoms with E-state index in [0.717, 1.165) is 0 Å². The van der Waals surface area contributed by atoms with E-state index in [4.69, 9.17) is 10.2 Å². The summed E-state index contributed by atoms with van der Waals surface area (Å²) in [6.45, 7) is 9.20. The van der Waals surface area contributed by atoms with Gasteiger partial charge in [0.25, 0.3) is 0 Å². The van der Waals surface area contributed by atoms with E-state index in [-0.39, 0.29) is 11.1 Å². The summed E-state index contributed by atoms with van der Waals surface area (Å²) in [7, 11) is 0. The molecule has 0 amide bonds. The van der Waals surface area contributed by atoms with Gasteiger partial charge in [-0.25, -0.2) is 24.0 Å². The Balaban J connectivity index is 0. The zero-order chi connectivity index (χ0) is 17.2. The van der Waals surface area contributed by atoms with E-state index < -0.39 is 29.0 Å². The van der Waals surface area contributed by atoms with E-state index in [2.05, 4.69) is 13.2 Å². The maximum absolute atomic E-state index is 10.2. The molecule has 0 aliphatic heterocycles. The molecule has 10 heteroatoms. The van der Waals surface area contributed by atoms with Crippen molar-refractivity contribution in [2.24, 2.45) is 0 Å². The van der Waals surface area contributed by atoms with Crippen LogP contribution >= 0.6 is 0 Å². The first-order valence-corrected chi connectivity index (χ1v) is 5.17. The smallest absolute Gasteiger partial charge is 0.330 e. The van der Waals surface area contributed by atoms with E-state index in [0.29, 0.717) is 0 Å². The number of aliphatic carboxylic acids is 2. The average molecular weight is 301 g/mol. The third-order valence-electron chi connectivity index (χ3n) is 1.41. The number of aromatic amines is 3. The summed E-state index contributed by atoms with van der Waals surface area (Å²) < 4.78 is 0. The highest BCUT2D eigenvalue weighted by molar-refractivity contribution is 5.85. The van der Waals surface area contributed by atoms with Gasteiger partial charge in [-0.1, -0.05) is 13.2 Å². The van der Waals surface area contributed by atoms with E-state index in [1.165, 1.54) is 13.8 Å². The van der Waals surface area contributed by atoms with Gasteiger partial charge in [0.05, 0.1) is 0 Å². The average Bonchev–Trinajstić information content (AvgIpc) is 2.27. The molecule has 0 saturated carbocycles. The molecule has 1 aromatic rings. The van der Waals surface area contributed by atoms with Gasteiger partial charge in [-0.3, -0.25) is 15.0 Å². The van der Waals surface area contributed by atoms with Crippen LogP contribution in [0.2, 0.25) is 0 Å². The molecule has 0 aromatic carbocycles. The molecule has 0 spiro atoms. The largest absolute Gasteiger partial charge is 0.478 e. The SMILES string of the molecule is C=C(C)C(=O)O.C=C(C)C(=O)O.O=c1[nH]c(=O)[nH]c(=O)[nH]1. The van der Waals surface area contributed by atoms with Gasteiger partial charge in [-0.2, -0.15) is 0 Å².